The highest BCUT2D eigenvalue weighted by Gasteiger charge is 2.23. The van der Waals surface area contributed by atoms with E-state index in [4.69, 9.17) is 4.74 Å². The van der Waals surface area contributed by atoms with Crippen LogP contribution in [0, 0.1) is 5.82 Å². The third-order valence-corrected chi connectivity index (χ3v) is 5.36. The number of nitrogens with one attached hydrogen (secondary N) is 2. The zero-order valence-corrected chi connectivity index (χ0v) is 16.0. The summed E-state index contributed by atoms with van der Waals surface area (Å²) in [5.74, 6) is 1.60. The highest BCUT2D eigenvalue weighted by atomic mass is 19.1. The molecule has 1 aliphatic heterocycles. The number of benzene rings is 3. The number of hydrogen-bond donors (Lipinski definition) is 2. The molecule has 1 saturated heterocycles. The van der Waals surface area contributed by atoms with Gasteiger partial charge in [0.15, 0.2) is 0 Å². The number of hydrogen-bond acceptors (Lipinski definition) is 1. The SMILES string of the molecule is Fc1ccc(C[NH+]2CC[NH+](Cc3cccc(Oc4ccccc4)c3)CC2)cc1. The summed E-state index contributed by atoms with van der Waals surface area (Å²) < 4.78 is 19.0. The fraction of sp³-hybridized carbons (Fsp3) is 0.250. The second kappa shape index (κ2) is 9.00. The molecule has 3 aromatic carbocycles. The van der Waals surface area contributed by atoms with Gasteiger partial charge in [-0.05, 0) is 36.4 Å². The van der Waals surface area contributed by atoms with Gasteiger partial charge < -0.3 is 14.5 Å². The van der Waals surface area contributed by atoms with Crippen molar-refractivity contribution in [3.63, 3.8) is 0 Å². The maximum atomic E-state index is 13.1. The first-order chi connectivity index (χ1) is 13.7. The van der Waals surface area contributed by atoms with Crippen LogP contribution < -0.4 is 14.5 Å². The van der Waals surface area contributed by atoms with Crippen molar-refractivity contribution >= 4 is 0 Å². The molecular weight excluding hydrogens is 351 g/mol. The molecule has 144 valence electrons. The lowest BCUT2D eigenvalue weighted by atomic mass is 10.1. The monoisotopic (exact) mass is 378 g/mol. The first kappa shape index (κ1) is 18.7. The fourth-order valence-corrected chi connectivity index (χ4v) is 3.83. The minimum absolute atomic E-state index is 0.161. The fourth-order valence-electron chi connectivity index (χ4n) is 3.83. The first-order valence-electron chi connectivity index (χ1n) is 9.98. The third kappa shape index (κ3) is 5.18. The maximum Gasteiger partial charge on any atom is 0.127 e. The molecule has 28 heavy (non-hydrogen) atoms. The van der Waals surface area contributed by atoms with Gasteiger partial charge in [-0.3, -0.25) is 0 Å². The molecule has 3 aromatic rings. The maximum absolute atomic E-state index is 13.1. The predicted octanol–water partition coefficient (Wildman–Crippen LogP) is 2.10. The highest BCUT2D eigenvalue weighted by molar-refractivity contribution is 5.33. The summed E-state index contributed by atoms with van der Waals surface area (Å²) in [7, 11) is 0. The molecule has 0 atom stereocenters. The second-order valence-corrected chi connectivity index (χ2v) is 7.54. The van der Waals surface area contributed by atoms with E-state index in [1.807, 2.05) is 48.5 Å². The molecule has 1 aliphatic rings. The van der Waals surface area contributed by atoms with Gasteiger partial charge in [0.2, 0.25) is 0 Å². The van der Waals surface area contributed by atoms with E-state index in [0.29, 0.717) is 0 Å². The van der Waals surface area contributed by atoms with Crippen LogP contribution in [0.2, 0.25) is 0 Å². The largest absolute Gasteiger partial charge is 0.457 e. The molecule has 1 heterocycles. The van der Waals surface area contributed by atoms with Crippen LogP contribution in [0.4, 0.5) is 4.39 Å². The van der Waals surface area contributed by atoms with E-state index in [9.17, 15) is 4.39 Å². The van der Waals surface area contributed by atoms with Gasteiger partial charge in [0, 0.05) is 11.1 Å². The number of piperazine rings is 1. The number of ether oxygens (including phenoxy) is 1. The van der Waals surface area contributed by atoms with Crippen molar-refractivity contribution in [3.8, 4) is 11.5 Å². The van der Waals surface area contributed by atoms with Crippen LogP contribution in [-0.2, 0) is 13.1 Å². The summed E-state index contributed by atoms with van der Waals surface area (Å²) in [6, 6.07) is 25.2. The Bertz CT molecular complexity index is 875. The molecule has 0 amide bonds. The van der Waals surface area contributed by atoms with E-state index in [-0.39, 0.29) is 5.82 Å². The Balaban J connectivity index is 1.28. The van der Waals surface area contributed by atoms with Crippen molar-refractivity contribution in [2.45, 2.75) is 13.1 Å². The highest BCUT2D eigenvalue weighted by Crippen LogP contribution is 2.21. The minimum atomic E-state index is -0.161. The molecule has 4 rings (SSSR count). The number of halogens is 1. The molecule has 2 N–H and O–H groups in total. The van der Waals surface area contributed by atoms with Gasteiger partial charge in [-0.15, -0.1) is 0 Å². The molecule has 4 heteroatoms. The summed E-state index contributed by atoms with van der Waals surface area (Å²) in [4.78, 5) is 3.19. The van der Waals surface area contributed by atoms with Gasteiger partial charge in [-0.2, -0.15) is 0 Å². The number of quaternary nitrogens is 2. The molecule has 1 fully saturated rings. The summed E-state index contributed by atoms with van der Waals surface area (Å²) in [6.07, 6.45) is 0. The Morgan fingerprint density at radius 1 is 0.643 bits per heavy atom. The average molecular weight is 378 g/mol. The van der Waals surface area contributed by atoms with Gasteiger partial charge in [0.25, 0.3) is 0 Å². The van der Waals surface area contributed by atoms with Crippen LogP contribution >= 0.6 is 0 Å². The molecule has 0 radical (unpaired) electrons. The molecule has 0 saturated carbocycles. The Kier molecular flexibility index (Phi) is 6.00. The zero-order valence-electron chi connectivity index (χ0n) is 16.0. The van der Waals surface area contributed by atoms with E-state index < -0.39 is 0 Å². The lowest BCUT2D eigenvalue weighted by Crippen LogP contribution is -3.27. The van der Waals surface area contributed by atoms with Gasteiger partial charge >= 0.3 is 0 Å². The Morgan fingerprint density at radius 2 is 1.25 bits per heavy atom. The van der Waals surface area contributed by atoms with Crippen molar-refractivity contribution in [1.82, 2.24) is 0 Å². The quantitative estimate of drug-likeness (QED) is 0.672. The Labute approximate surface area is 166 Å². The predicted molar refractivity (Wildman–Crippen MR) is 108 cm³/mol. The number of rotatable bonds is 6. The zero-order chi connectivity index (χ0) is 19.2. The van der Waals surface area contributed by atoms with Gasteiger partial charge in [-0.1, -0.05) is 42.5 Å². The lowest BCUT2D eigenvalue weighted by molar-refractivity contribution is -1.02. The van der Waals surface area contributed by atoms with Gasteiger partial charge in [-0.25, -0.2) is 4.39 Å². The number of para-hydroxylation sites is 1. The summed E-state index contributed by atoms with van der Waals surface area (Å²) in [6.45, 7) is 6.60. The van der Waals surface area contributed by atoms with Crippen molar-refractivity contribution in [2.24, 2.45) is 0 Å². The van der Waals surface area contributed by atoms with Gasteiger partial charge in [0.1, 0.15) is 56.6 Å². The molecule has 0 unspecified atom stereocenters. The van der Waals surface area contributed by atoms with Crippen LogP contribution in [0.25, 0.3) is 0 Å². The van der Waals surface area contributed by atoms with Crippen LogP contribution in [0.15, 0.2) is 78.9 Å². The smallest absolute Gasteiger partial charge is 0.127 e. The minimum Gasteiger partial charge on any atom is -0.457 e. The standard InChI is InChI=1S/C24H25FN2O/c25-22-11-9-20(10-12-22)18-26-13-15-27(16-14-26)19-21-5-4-8-24(17-21)28-23-6-2-1-3-7-23/h1-12,17H,13-16,18-19H2/p+2. The summed E-state index contributed by atoms with van der Waals surface area (Å²) >= 11 is 0. The molecule has 0 aromatic heterocycles. The molecule has 0 bridgehead atoms. The van der Waals surface area contributed by atoms with E-state index in [1.54, 1.807) is 21.9 Å². The Morgan fingerprint density at radius 3 is 1.93 bits per heavy atom. The lowest BCUT2D eigenvalue weighted by Gasteiger charge is -2.29. The first-order valence-corrected chi connectivity index (χ1v) is 9.98. The summed E-state index contributed by atoms with van der Waals surface area (Å²) in [5.41, 5.74) is 2.52. The summed E-state index contributed by atoms with van der Waals surface area (Å²) in [5, 5.41) is 0. The molecule has 3 nitrogen and oxygen atoms in total. The van der Waals surface area contributed by atoms with Crippen molar-refractivity contribution in [3.05, 3.63) is 95.8 Å². The van der Waals surface area contributed by atoms with Crippen molar-refractivity contribution < 1.29 is 18.9 Å². The van der Waals surface area contributed by atoms with Gasteiger partial charge in [0.05, 0.1) is 0 Å². The van der Waals surface area contributed by atoms with Crippen LogP contribution in [-0.4, -0.2) is 26.2 Å². The third-order valence-electron chi connectivity index (χ3n) is 5.36. The molecule has 0 spiro atoms. The van der Waals surface area contributed by atoms with Crippen LogP contribution in [0.1, 0.15) is 11.1 Å². The van der Waals surface area contributed by atoms with E-state index in [1.165, 1.54) is 11.1 Å². The van der Waals surface area contributed by atoms with Crippen LogP contribution in [0.3, 0.4) is 0 Å². The van der Waals surface area contributed by atoms with Crippen molar-refractivity contribution in [2.75, 3.05) is 26.2 Å². The topological polar surface area (TPSA) is 18.1 Å². The normalized spacial score (nSPS) is 19.3. The van der Waals surface area contributed by atoms with Crippen molar-refractivity contribution in [1.29, 1.82) is 0 Å². The molecular formula is C24H27FN2O+2. The molecule has 0 aliphatic carbocycles. The van der Waals surface area contributed by atoms with E-state index in [0.717, 1.165) is 50.8 Å². The van der Waals surface area contributed by atoms with Crippen LogP contribution in [0.5, 0.6) is 11.5 Å². The van der Waals surface area contributed by atoms with E-state index >= 15 is 0 Å². The average Bonchev–Trinajstić information content (AvgIpc) is 2.72. The second-order valence-electron chi connectivity index (χ2n) is 7.54. The Hall–Kier alpha value is -2.69. The van der Waals surface area contributed by atoms with E-state index in [2.05, 4.69) is 18.2 Å².